The molecule has 19 heavy (non-hydrogen) atoms. The highest BCUT2D eigenvalue weighted by molar-refractivity contribution is 6.31. The van der Waals surface area contributed by atoms with Crippen LogP contribution < -0.4 is 15.2 Å². The molecule has 0 spiro atoms. The van der Waals surface area contributed by atoms with E-state index in [2.05, 4.69) is 13.8 Å². The minimum absolute atomic E-state index is 0.00251. The summed E-state index contributed by atoms with van der Waals surface area (Å²) in [6.07, 6.45) is 3.13. The molecule has 0 saturated heterocycles. The number of fused-ring (bicyclic) bond motifs is 1. The number of rotatable bonds is 1. The molecule has 0 atom stereocenters. The quantitative estimate of drug-likeness (QED) is 0.857. The molecule has 0 radical (unpaired) electrons. The van der Waals surface area contributed by atoms with E-state index >= 15 is 0 Å². The van der Waals surface area contributed by atoms with E-state index in [9.17, 15) is 0 Å². The number of ether oxygens (including phenoxy) is 2. The maximum atomic E-state index is 6.37. The fourth-order valence-corrected chi connectivity index (χ4v) is 2.90. The van der Waals surface area contributed by atoms with Gasteiger partial charge in [-0.1, -0.05) is 25.4 Å². The maximum absolute atomic E-state index is 6.37. The zero-order chi connectivity index (χ0) is 13.7. The summed E-state index contributed by atoms with van der Waals surface area (Å²) in [6, 6.07) is 3.82. The number of hydrogen-bond acceptors (Lipinski definition) is 3. The second-order valence-corrected chi connectivity index (χ2v) is 6.94. The molecule has 104 valence electrons. The summed E-state index contributed by atoms with van der Waals surface area (Å²) in [5, 5.41) is 0.684. The van der Waals surface area contributed by atoms with Crippen molar-refractivity contribution in [3.05, 3.63) is 22.7 Å². The Morgan fingerprint density at radius 1 is 1.11 bits per heavy atom. The van der Waals surface area contributed by atoms with E-state index in [1.54, 1.807) is 0 Å². The zero-order valence-corrected chi connectivity index (χ0v) is 12.2. The van der Waals surface area contributed by atoms with Crippen LogP contribution in [-0.4, -0.2) is 13.2 Å². The molecule has 2 aliphatic rings. The number of benzene rings is 1. The summed E-state index contributed by atoms with van der Waals surface area (Å²) >= 11 is 6.37. The first-order valence-corrected chi connectivity index (χ1v) is 7.16. The fraction of sp³-hybridized carbons (Fsp3) is 0.600. The lowest BCUT2D eigenvalue weighted by Crippen LogP contribution is -2.43. The lowest BCUT2D eigenvalue weighted by atomic mass is 9.72. The summed E-state index contributed by atoms with van der Waals surface area (Å²) < 4.78 is 11.7. The SMILES string of the molecule is CC1(C)COc2cc(Cl)c(C3(N)CCC3)cc2OC1. The number of hydrogen-bond donors (Lipinski definition) is 1. The third kappa shape index (κ3) is 2.30. The highest BCUT2D eigenvalue weighted by atomic mass is 35.5. The van der Waals surface area contributed by atoms with E-state index < -0.39 is 0 Å². The summed E-state index contributed by atoms with van der Waals surface area (Å²) in [4.78, 5) is 0. The van der Waals surface area contributed by atoms with Gasteiger partial charge in [0.1, 0.15) is 0 Å². The minimum atomic E-state index is -0.280. The second kappa shape index (κ2) is 4.29. The van der Waals surface area contributed by atoms with Crippen LogP contribution in [0.25, 0.3) is 0 Å². The first-order valence-electron chi connectivity index (χ1n) is 6.78. The van der Waals surface area contributed by atoms with E-state index in [4.69, 9.17) is 26.8 Å². The Balaban J connectivity index is 1.98. The van der Waals surface area contributed by atoms with Gasteiger partial charge in [-0.2, -0.15) is 0 Å². The molecule has 1 fully saturated rings. The molecule has 1 aromatic rings. The van der Waals surface area contributed by atoms with Gasteiger partial charge in [0.05, 0.1) is 13.2 Å². The second-order valence-electron chi connectivity index (χ2n) is 6.53. The van der Waals surface area contributed by atoms with Gasteiger partial charge in [0, 0.05) is 22.0 Å². The largest absolute Gasteiger partial charge is 0.489 e. The Kier molecular flexibility index (Phi) is 2.95. The van der Waals surface area contributed by atoms with Crippen LogP contribution in [0.4, 0.5) is 0 Å². The third-order valence-electron chi connectivity index (χ3n) is 4.05. The lowest BCUT2D eigenvalue weighted by molar-refractivity contribution is 0.140. The summed E-state index contributed by atoms with van der Waals surface area (Å²) in [6.45, 7) is 5.51. The molecule has 3 nitrogen and oxygen atoms in total. The molecule has 0 aromatic heterocycles. The smallest absolute Gasteiger partial charge is 0.162 e. The van der Waals surface area contributed by atoms with Crippen LogP contribution in [0.1, 0.15) is 38.7 Å². The Morgan fingerprint density at radius 2 is 1.68 bits per heavy atom. The van der Waals surface area contributed by atoms with E-state index in [-0.39, 0.29) is 11.0 Å². The average molecular weight is 282 g/mol. The van der Waals surface area contributed by atoms with Crippen LogP contribution in [0.3, 0.4) is 0 Å². The fourth-order valence-electron chi connectivity index (χ4n) is 2.56. The van der Waals surface area contributed by atoms with Crippen LogP contribution in [0.5, 0.6) is 11.5 Å². The van der Waals surface area contributed by atoms with Crippen LogP contribution in [0.15, 0.2) is 12.1 Å². The van der Waals surface area contributed by atoms with Crippen LogP contribution >= 0.6 is 11.6 Å². The van der Waals surface area contributed by atoms with Crippen LogP contribution in [0, 0.1) is 5.41 Å². The van der Waals surface area contributed by atoms with Gasteiger partial charge in [-0.15, -0.1) is 0 Å². The molecule has 1 aliphatic carbocycles. The van der Waals surface area contributed by atoms with Gasteiger partial charge in [-0.05, 0) is 30.9 Å². The van der Waals surface area contributed by atoms with Gasteiger partial charge in [-0.3, -0.25) is 0 Å². The molecule has 1 heterocycles. The number of halogens is 1. The lowest BCUT2D eigenvalue weighted by Gasteiger charge is -2.39. The molecule has 0 unspecified atom stereocenters. The van der Waals surface area contributed by atoms with Gasteiger partial charge in [0.25, 0.3) is 0 Å². The molecule has 3 rings (SSSR count). The molecule has 0 bridgehead atoms. The predicted octanol–water partition coefficient (Wildman–Crippen LogP) is 3.48. The third-order valence-corrected chi connectivity index (χ3v) is 4.37. The van der Waals surface area contributed by atoms with Crippen molar-refractivity contribution in [1.29, 1.82) is 0 Å². The Morgan fingerprint density at radius 3 is 2.21 bits per heavy atom. The van der Waals surface area contributed by atoms with Gasteiger partial charge < -0.3 is 15.2 Å². The van der Waals surface area contributed by atoms with Gasteiger partial charge in [0.2, 0.25) is 0 Å². The summed E-state index contributed by atoms with van der Waals surface area (Å²) in [5.74, 6) is 1.49. The normalized spacial score (nSPS) is 23.4. The van der Waals surface area contributed by atoms with Crippen molar-refractivity contribution in [2.75, 3.05) is 13.2 Å². The molecular weight excluding hydrogens is 262 g/mol. The molecule has 1 aliphatic heterocycles. The Hall–Kier alpha value is -0.930. The highest BCUT2D eigenvalue weighted by Crippen LogP contribution is 2.46. The predicted molar refractivity (Wildman–Crippen MR) is 75.9 cm³/mol. The maximum Gasteiger partial charge on any atom is 0.162 e. The number of nitrogens with two attached hydrogens (primary N) is 1. The van der Waals surface area contributed by atoms with Gasteiger partial charge in [0.15, 0.2) is 11.5 Å². The average Bonchev–Trinajstić information content (AvgIpc) is 2.45. The highest BCUT2D eigenvalue weighted by Gasteiger charge is 2.37. The molecule has 4 heteroatoms. The molecule has 2 N–H and O–H groups in total. The first-order chi connectivity index (χ1) is 8.90. The summed E-state index contributed by atoms with van der Waals surface area (Å²) in [5.41, 5.74) is 7.08. The van der Waals surface area contributed by atoms with E-state index in [0.29, 0.717) is 18.2 Å². The van der Waals surface area contributed by atoms with Crippen molar-refractivity contribution in [3.8, 4) is 11.5 Å². The molecule has 1 aromatic carbocycles. The van der Waals surface area contributed by atoms with Crippen molar-refractivity contribution in [2.24, 2.45) is 11.1 Å². The van der Waals surface area contributed by atoms with Crippen molar-refractivity contribution in [1.82, 2.24) is 0 Å². The van der Waals surface area contributed by atoms with Crippen molar-refractivity contribution >= 4 is 11.6 Å². The molecular formula is C15H20ClNO2. The molecule has 1 saturated carbocycles. The Bertz CT molecular complexity index is 509. The monoisotopic (exact) mass is 281 g/mol. The summed E-state index contributed by atoms with van der Waals surface area (Å²) in [7, 11) is 0. The topological polar surface area (TPSA) is 44.5 Å². The van der Waals surface area contributed by atoms with E-state index in [0.717, 1.165) is 36.3 Å². The van der Waals surface area contributed by atoms with Crippen LogP contribution in [0.2, 0.25) is 5.02 Å². The van der Waals surface area contributed by atoms with E-state index in [1.165, 1.54) is 0 Å². The van der Waals surface area contributed by atoms with Crippen molar-refractivity contribution in [3.63, 3.8) is 0 Å². The van der Waals surface area contributed by atoms with Crippen molar-refractivity contribution in [2.45, 2.75) is 38.6 Å². The van der Waals surface area contributed by atoms with E-state index in [1.807, 2.05) is 12.1 Å². The molecule has 0 amide bonds. The van der Waals surface area contributed by atoms with Gasteiger partial charge >= 0.3 is 0 Å². The minimum Gasteiger partial charge on any atom is -0.489 e. The van der Waals surface area contributed by atoms with Crippen molar-refractivity contribution < 1.29 is 9.47 Å². The Labute approximate surface area is 119 Å². The first kappa shape index (κ1) is 13.1. The van der Waals surface area contributed by atoms with Crippen LogP contribution in [-0.2, 0) is 5.54 Å². The van der Waals surface area contributed by atoms with Gasteiger partial charge in [-0.25, -0.2) is 0 Å². The zero-order valence-electron chi connectivity index (χ0n) is 11.5. The standard InChI is InChI=1S/C15H20ClNO2/c1-14(2)8-18-12-6-10(15(17)4-3-5-15)11(16)7-13(12)19-9-14/h6-7H,3-5,8-9,17H2,1-2H3.